The van der Waals surface area contributed by atoms with Gasteiger partial charge in [0, 0.05) is 13.0 Å². The molecule has 0 aromatic heterocycles. The highest BCUT2D eigenvalue weighted by molar-refractivity contribution is 6.33. The quantitative estimate of drug-likeness (QED) is 0.918. The van der Waals surface area contributed by atoms with Gasteiger partial charge in [0.2, 0.25) is 0 Å². The lowest BCUT2D eigenvalue weighted by atomic mass is 9.93. The van der Waals surface area contributed by atoms with Crippen molar-refractivity contribution in [3.05, 3.63) is 70.0 Å². The zero-order valence-corrected chi connectivity index (χ0v) is 12.8. The number of hydrogen-bond acceptors (Lipinski definition) is 2. The average molecular weight is 334 g/mol. The van der Waals surface area contributed by atoms with E-state index in [2.05, 4.69) is 0 Å². The van der Waals surface area contributed by atoms with Gasteiger partial charge in [0.15, 0.2) is 0 Å². The Bertz CT molecular complexity index is 793. The van der Waals surface area contributed by atoms with Crippen LogP contribution in [0.25, 0.3) is 0 Å². The van der Waals surface area contributed by atoms with Crippen LogP contribution in [0.2, 0.25) is 5.02 Å². The van der Waals surface area contributed by atoms with Crippen LogP contribution in [-0.4, -0.2) is 27.9 Å². The van der Waals surface area contributed by atoms with E-state index in [1.807, 2.05) is 24.3 Å². The summed E-state index contributed by atoms with van der Waals surface area (Å²) < 4.78 is 13.2. The summed E-state index contributed by atoms with van der Waals surface area (Å²) in [7, 11) is 0. The lowest BCUT2D eigenvalue weighted by Gasteiger charge is -2.34. The van der Waals surface area contributed by atoms with Gasteiger partial charge in [-0.15, -0.1) is 0 Å². The molecule has 4 nitrogen and oxygen atoms in total. The van der Waals surface area contributed by atoms with Crippen LogP contribution in [0.15, 0.2) is 42.5 Å². The number of hydrogen-bond donors (Lipinski definition) is 1. The molecule has 0 radical (unpaired) electrons. The number of rotatable bonds is 2. The van der Waals surface area contributed by atoms with Crippen molar-refractivity contribution in [3.63, 3.8) is 0 Å². The molecular weight excluding hydrogens is 321 g/mol. The lowest BCUT2D eigenvalue weighted by Crippen LogP contribution is -2.48. The van der Waals surface area contributed by atoms with Crippen molar-refractivity contribution in [2.24, 2.45) is 0 Å². The summed E-state index contributed by atoms with van der Waals surface area (Å²) >= 11 is 5.94. The third-order valence-electron chi connectivity index (χ3n) is 3.96. The number of benzene rings is 2. The molecule has 23 heavy (non-hydrogen) atoms. The highest BCUT2D eigenvalue weighted by atomic mass is 35.5. The zero-order chi connectivity index (χ0) is 16.6. The second-order valence-corrected chi connectivity index (χ2v) is 5.79. The summed E-state index contributed by atoms with van der Waals surface area (Å²) in [6.07, 6.45) is 0.232. The third kappa shape index (κ3) is 2.92. The van der Waals surface area contributed by atoms with E-state index in [4.69, 9.17) is 11.6 Å². The third-order valence-corrected chi connectivity index (χ3v) is 4.27. The van der Waals surface area contributed by atoms with Crippen molar-refractivity contribution in [1.29, 1.82) is 0 Å². The first-order chi connectivity index (χ1) is 11.0. The second kappa shape index (κ2) is 6.01. The molecule has 1 unspecified atom stereocenters. The summed E-state index contributed by atoms with van der Waals surface area (Å²) in [6.45, 7) is 0.180. The van der Waals surface area contributed by atoms with E-state index in [0.29, 0.717) is 0 Å². The van der Waals surface area contributed by atoms with Gasteiger partial charge in [-0.2, -0.15) is 0 Å². The number of aliphatic carboxylic acids is 1. The Hall–Kier alpha value is -2.40. The van der Waals surface area contributed by atoms with Gasteiger partial charge in [-0.05, 0) is 29.3 Å². The van der Waals surface area contributed by atoms with E-state index in [0.717, 1.165) is 23.3 Å². The predicted octanol–water partition coefficient (Wildman–Crippen LogP) is 3.13. The molecule has 1 atom stereocenters. The maximum absolute atomic E-state index is 13.2. The Morgan fingerprint density at radius 1 is 1.17 bits per heavy atom. The van der Waals surface area contributed by atoms with Gasteiger partial charge in [0.1, 0.15) is 11.9 Å². The van der Waals surface area contributed by atoms with Gasteiger partial charge >= 0.3 is 5.97 Å². The largest absolute Gasteiger partial charge is 0.480 e. The number of carboxylic acid groups (broad SMARTS) is 1. The maximum atomic E-state index is 13.2. The molecule has 6 heteroatoms. The fourth-order valence-corrected chi connectivity index (χ4v) is 3.02. The Morgan fingerprint density at radius 2 is 1.87 bits per heavy atom. The number of nitrogens with zero attached hydrogens (tertiary/aromatic N) is 1. The molecule has 1 aliphatic rings. The lowest BCUT2D eigenvalue weighted by molar-refractivity contribution is -0.142. The Labute approximate surface area is 137 Å². The Morgan fingerprint density at radius 3 is 2.52 bits per heavy atom. The molecule has 1 heterocycles. The summed E-state index contributed by atoms with van der Waals surface area (Å²) in [5, 5.41) is 9.43. The topological polar surface area (TPSA) is 57.6 Å². The summed E-state index contributed by atoms with van der Waals surface area (Å²) in [6, 6.07) is 9.88. The van der Waals surface area contributed by atoms with Crippen LogP contribution in [0.5, 0.6) is 0 Å². The molecular formula is C17H13ClFNO3. The van der Waals surface area contributed by atoms with Gasteiger partial charge < -0.3 is 10.0 Å². The number of carbonyl (C=O) groups excluding carboxylic acids is 1. The second-order valence-electron chi connectivity index (χ2n) is 5.38. The summed E-state index contributed by atoms with van der Waals surface area (Å²) in [5.41, 5.74) is 1.91. The van der Waals surface area contributed by atoms with Gasteiger partial charge in [0.05, 0.1) is 10.6 Å². The molecule has 0 spiro atoms. The van der Waals surface area contributed by atoms with Crippen LogP contribution >= 0.6 is 11.6 Å². The molecule has 3 rings (SSSR count). The van der Waals surface area contributed by atoms with Crippen molar-refractivity contribution in [2.45, 2.75) is 19.0 Å². The highest BCUT2D eigenvalue weighted by Gasteiger charge is 2.35. The highest BCUT2D eigenvalue weighted by Crippen LogP contribution is 2.27. The van der Waals surface area contributed by atoms with Crippen LogP contribution in [0.4, 0.5) is 4.39 Å². The normalized spacial score (nSPS) is 16.8. The molecule has 0 saturated heterocycles. The first-order valence-electron chi connectivity index (χ1n) is 7.03. The number of fused-ring (bicyclic) bond motifs is 1. The van der Waals surface area contributed by atoms with Crippen molar-refractivity contribution in [2.75, 3.05) is 0 Å². The minimum atomic E-state index is -1.08. The van der Waals surface area contributed by atoms with E-state index in [9.17, 15) is 19.1 Å². The van der Waals surface area contributed by atoms with Gasteiger partial charge in [-0.1, -0.05) is 35.9 Å². The standard InChI is InChI=1S/C17H13ClFNO3/c18-14-8-12(19)5-6-13(14)16(21)20-9-11-4-2-1-3-10(11)7-15(20)17(22)23/h1-6,8,15H,7,9H2,(H,22,23). The van der Waals surface area contributed by atoms with E-state index < -0.39 is 23.7 Å². The monoisotopic (exact) mass is 333 g/mol. The molecule has 1 N–H and O–H groups in total. The number of halogens is 2. The Kier molecular flexibility index (Phi) is 4.05. The van der Waals surface area contributed by atoms with Crippen molar-refractivity contribution >= 4 is 23.5 Å². The Balaban J connectivity index is 1.99. The van der Waals surface area contributed by atoms with Crippen molar-refractivity contribution in [3.8, 4) is 0 Å². The molecule has 2 aromatic rings. The SMILES string of the molecule is O=C(O)C1Cc2ccccc2CN1C(=O)c1ccc(F)cc1Cl. The van der Waals surface area contributed by atoms with E-state index >= 15 is 0 Å². The van der Waals surface area contributed by atoms with Crippen LogP contribution in [0, 0.1) is 5.82 Å². The first-order valence-corrected chi connectivity index (χ1v) is 7.41. The average Bonchev–Trinajstić information content (AvgIpc) is 2.53. The molecule has 0 saturated carbocycles. The number of carbonyl (C=O) groups is 2. The fraction of sp³-hybridized carbons (Fsp3) is 0.176. The summed E-state index contributed by atoms with van der Waals surface area (Å²) in [4.78, 5) is 25.5. The minimum Gasteiger partial charge on any atom is -0.480 e. The minimum absolute atomic E-state index is 0.0296. The van der Waals surface area contributed by atoms with Crippen LogP contribution < -0.4 is 0 Å². The molecule has 118 valence electrons. The zero-order valence-electron chi connectivity index (χ0n) is 12.0. The van der Waals surface area contributed by atoms with Crippen LogP contribution in [-0.2, 0) is 17.8 Å². The van der Waals surface area contributed by atoms with E-state index in [1.54, 1.807) is 0 Å². The number of carboxylic acids is 1. The van der Waals surface area contributed by atoms with Crippen molar-refractivity contribution in [1.82, 2.24) is 4.90 Å². The molecule has 1 aliphatic heterocycles. The first kappa shape index (κ1) is 15.5. The smallest absolute Gasteiger partial charge is 0.326 e. The fourth-order valence-electron chi connectivity index (χ4n) is 2.77. The maximum Gasteiger partial charge on any atom is 0.326 e. The van der Waals surface area contributed by atoms with Crippen molar-refractivity contribution < 1.29 is 19.1 Å². The molecule has 0 fully saturated rings. The summed E-state index contributed by atoms with van der Waals surface area (Å²) in [5.74, 6) is -2.15. The molecule has 2 aromatic carbocycles. The van der Waals surface area contributed by atoms with Crippen LogP contribution in [0.3, 0.4) is 0 Å². The molecule has 0 aliphatic carbocycles. The molecule has 0 bridgehead atoms. The van der Waals surface area contributed by atoms with Gasteiger partial charge in [-0.25, -0.2) is 9.18 Å². The van der Waals surface area contributed by atoms with E-state index in [-0.39, 0.29) is 23.6 Å². The van der Waals surface area contributed by atoms with E-state index in [1.165, 1.54) is 11.0 Å². The predicted molar refractivity (Wildman–Crippen MR) is 82.9 cm³/mol. The molecule has 1 amide bonds. The van der Waals surface area contributed by atoms with Gasteiger partial charge in [0.25, 0.3) is 5.91 Å². The number of amides is 1. The van der Waals surface area contributed by atoms with Gasteiger partial charge in [-0.3, -0.25) is 4.79 Å². The van der Waals surface area contributed by atoms with Crippen LogP contribution in [0.1, 0.15) is 21.5 Å².